The van der Waals surface area contributed by atoms with Crippen molar-refractivity contribution in [3.63, 3.8) is 0 Å². The Morgan fingerprint density at radius 2 is 2.00 bits per heavy atom. The summed E-state index contributed by atoms with van der Waals surface area (Å²) in [6.07, 6.45) is 8.40. The molecule has 5 heterocycles. The minimum absolute atomic E-state index is 0.197. The van der Waals surface area contributed by atoms with Gasteiger partial charge in [-0.1, -0.05) is 0 Å². The highest BCUT2D eigenvalue weighted by atomic mass is 16.5. The molecular weight excluding hydrogens is 380 g/mol. The van der Waals surface area contributed by atoms with E-state index >= 15 is 0 Å². The smallest absolute Gasteiger partial charge is 0.165 e. The lowest BCUT2D eigenvalue weighted by atomic mass is 10.1. The SMILES string of the molecule is Cc1cnc(Nc2cc3cc(-c4c(O[C@H]5CCN(C)C5)cnn4C)ccn3n2)cn1. The number of anilines is 2. The van der Waals surface area contributed by atoms with Crippen LogP contribution in [0.5, 0.6) is 5.75 Å². The third-order valence-corrected chi connectivity index (χ3v) is 5.32. The zero-order valence-electron chi connectivity index (χ0n) is 17.3. The molecule has 154 valence electrons. The van der Waals surface area contributed by atoms with Crippen LogP contribution in [0.25, 0.3) is 16.8 Å². The Morgan fingerprint density at radius 1 is 1.10 bits per heavy atom. The van der Waals surface area contributed by atoms with Gasteiger partial charge in [-0.3, -0.25) is 9.67 Å². The van der Waals surface area contributed by atoms with Crippen molar-refractivity contribution in [3.8, 4) is 17.0 Å². The lowest BCUT2D eigenvalue weighted by Gasteiger charge is -2.14. The Morgan fingerprint density at radius 3 is 2.77 bits per heavy atom. The van der Waals surface area contributed by atoms with Crippen molar-refractivity contribution in [1.82, 2.24) is 34.3 Å². The first-order valence-corrected chi connectivity index (χ1v) is 9.98. The highest BCUT2D eigenvalue weighted by Crippen LogP contribution is 2.32. The maximum Gasteiger partial charge on any atom is 0.165 e. The van der Waals surface area contributed by atoms with E-state index in [-0.39, 0.29) is 6.10 Å². The average molecular weight is 404 g/mol. The zero-order valence-corrected chi connectivity index (χ0v) is 17.3. The monoisotopic (exact) mass is 404 g/mol. The number of nitrogens with zero attached hydrogens (tertiary/aromatic N) is 7. The Hall–Kier alpha value is -3.46. The third kappa shape index (κ3) is 3.59. The van der Waals surface area contributed by atoms with Gasteiger partial charge in [0, 0.05) is 38.0 Å². The normalized spacial score (nSPS) is 17.0. The zero-order chi connectivity index (χ0) is 20.7. The first-order chi connectivity index (χ1) is 14.5. The number of nitrogens with one attached hydrogen (secondary N) is 1. The second-order valence-electron chi connectivity index (χ2n) is 7.75. The van der Waals surface area contributed by atoms with E-state index in [9.17, 15) is 0 Å². The molecule has 0 aromatic carbocycles. The van der Waals surface area contributed by atoms with E-state index in [1.807, 2.05) is 41.5 Å². The van der Waals surface area contributed by atoms with Crippen LogP contribution in [0.1, 0.15) is 12.1 Å². The van der Waals surface area contributed by atoms with Gasteiger partial charge in [0.05, 0.1) is 29.8 Å². The van der Waals surface area contributed by atoms with Gasteiger partial charge < -0.3 is 15.0 Å². The number of hydrogen-bond acceptors (Lipinski definition) is 7. The van der Waals surface area contributed by atoms with Crippen molar-refractivity contribution < 1.29 is 4.74 Å². The second-order valence-corrected chi connectivity index (χ2v) is 7.75. The third-order valence-electron chi connectivity index (χ3n) is 5.32. The van der Waals surface area contributed by atoms with Crippen LogP contribution in [0.15, 0.2) is 43.0 Å². The number of aromatic nitrogens is 6. The van der Waals surface area contributed by atoms with E-state index in [4.69, 9.17) is 4.74 Å². The maximum absolute atomic E-state index is 6.28. The van der Waals surface area contributed by atoms with Crippen LogP contribution in [0.4, 0.5) is 11.6 Å². The molecule has 1 aliphatic heterocycles. The molecule has 1 aliphatic rings. The van der Waals surface area contributed by atoms with E-state index in [2.05, 4.69) is 43.5 Å². The fourth-order valence-corrected chi connectivity index (χ4v) is 3.79. The van der Waals surface area contributed by atoms with Crippen molar-refractivity contribution in [3.05, 3.63) is 48.7 Å². The van der Waals surface area contributed by atoms with Gasteiger partial charge in [0.15, 0.2) is 11.6 Å². The van der Waals surface area contributed by atoms with Crippen LogP contribution in [0.3, 0.4) is 0 Å². The summed E-state index contributed by atoms with van der Waals surface area (Å²) in [6, 6.07) is 6.09. The Labute approximate surface area is 174 Å². The summed E-state index contributed by atoms with van der Waals surface area (Å²) in [5.74, 6) is 2.18. The van der Waals surface area contributed by atoms with Gasteiger partial charge in [-0.15, -0.1) is 0 Å². The van der Waals surface area contributed by atoms with Crippen LogP contribution in [-0.4, -0.2) is 60.5 Å². The van der Waals surface area contributed by atoms with Gasteiger partial charge in [0.25, 0.3) is 0 Å². The van der Waals surface area contributed by atoms with Crippen molar-refractivity contribution >= 4 is 17.2 Å². The number of pyridine rings is 1. The summed E-state index contributed by atoms with van der Waals surface area (Å²) in [7, 11) is 4.06. The fraction of sp³-hybridized carbons (Fsp3) is 0.333. The summed E-state index contributed by atoms with van der Waals surface area (Å²) < 4.78 is 9.97. The summed E-state index contributed by atoms with van der Waals surface area (Å²) in [5.41, 5.74) is 3.83. The van der Waals surface area contributed by atoms with Gasteiger partial charge in [0.2, 0.25) is 0 Å². The molecule has 0 unspecified atom stereocenters. The quantitative estimate of drug-likeness (QED) is 0.547. The van der Waals surface area contributed by atoms with Crippen LogP contribution in [-0.2, 0) is 7.05 Å². The van der Waals surface area contributed by atoms with Crippen molar-refractivity contribution in [1.29, 1.82) is 0 Å². The Bertz CT molecular complexity index is 1180. The number of fused-ring (bicyclic) bond motifs is 1. The molecule has 0 bridgehead atoms. The van der Waals surface area contributed by atoms with Crippen molar-refractivity contribution in [2.75, 3.05) is 25.5 Å². The average Bonchev–Trinajstić information content (AvgIpc) is 3.42. The predicted octanol–water partition coefficient (Wildman–Crippen LogP) is 2.66. The molecule has 1 fully saturated rings. The molecule has 1 saturated heterocycles. The highest BCUT2D eigenvalue weighted by molar-refractivity contribution is 5.72. The predicted molar refractivity (Wildman–Crippen MR) is 114 cm³/mol. The van der Waals surface area contributed by atoms with Crippen LogP contribution in [0.2, 0.25) is 0 Å². The molecule has 0 spiro atoms. The molecule has 9 heteroatoms. The summed E-state index contributed by atoms with van der Waals surface area (Å²) in [6.45, 7) is 3.90. The maximum atomic E-state index is 6.28. The molecule has 0 radical (unpaired) electrons. The summed E-state index contributed by atoms with van der Waals surface area (Å²) >= 11 is 0. The van der Waals surface area contributed by atoms with Crippen LogP contribution >= 0.6 is 0 Å². The summed E-state index contributed by atoms with van der Waals surface area (Å²) in [5, 5.41) is 12.2. The van der Waals surface area contributed by atoms with Crippen LogP contribution < -0.4 is 10.1 Å². The topological polar surface area (TPSA) is 85.4 Å². The molecule has 4 aromatic heterocycles. The molecular formula is C21H24N8O. The van der Waals surface area contributed by atoms with E-state index in [0.717, 1.165) is 47.7 Å². The van der Waals surface area contributed by atoms with Crippen molar-refractivity contribution in [2.45, 2.75) is 19.4 Å². The number of aryl methyl sites for hydroxylation is 2. The molecule has 4 aromatic rings. The van der Waals surface area contributed by atoms with Crippen LogP contribution in [0, 0.1) is 6.92 Å². The van der Waals surface area contributed by atoms with E-state index in [1.54, 1.807) is 18.6 Å². The minimum Gasteiger partial charge on any atom is -0.485 e. The summed E-state index contributed by atoms with van der Waals surface area (Å²) in [4.78, 5) is 10.9. The van der Waals surface area contributed by atoms with E-state index in [0.29, 0.717) is 11.6 Å². The minimum atomic E-state index is 0.197. The molecule has 1 atom stereocenters. The van der Waals surface area contributed by atoms with E-state index < -0.39 is 0 Å². The Kier molecular flexibility index (Phi) is 4.59. The molecule has 9 nitrogen and oxygen atoms in total. The first-order valence-electron chi connectivity index (χ1n) is 9.98. The lowest BCUT2D eigenvalue weighted by molar-refractivity contribution is 0.209. The van der Waals surface area contributed by atoms with Gasteiger partial charge in [-0.25, -0.2) is 9.50 Å². The number of ether oxygens (including phenoxy) is 1. The number of likely N-dealkylation sites (tertiary alicyclic amines) is 1. The second kappa shape index (κ2) is 7.42. The highest BCUT2D eigenvalue weighted by Gasteiger charge is 2.23. The molecule has 5 rings (SSSR count). The van der Waals surface area contributed by atoms with Crippen molar-refractivity contribution in [2.24, 2.45) is 7.05 Å². The molecule has 0 saturated carbocycles. The standard InChI is InChI=1S/C21H24N8O/c1-14-10-23-20(12-22-14)25-19-9-16-8-15(4-7-29(16)26-19)21-18(11-24-28(21)3)30-17-5-6-27(2)13-17/h4,7-12,17H,5-6,13H2,1-3H3,(H,23,25,26)/t17-/m0/s1. The van der Waals surface area contributed by atoms with Gasteiger partial charge >= 0.3 is 0 Å². The largest absolute Gasteiger partial charge is 0.485 e. The molecule has 1 N–H and O–H groups in total. The van der Waals surface area contributed by atoms with Gasteiger partial charge in [-0.05, 0) is 32.5 Å². The molecule has 0 aliphatic carbocycles. The number of hydrogen-bond donors (Lipinski definition) is 1. The first kappa shape index (κ1) is 18.6. The fourth-order valence-electron chi connectivity index (χ4n) is 3.79. The number of rotatable bonds is 5. The Balaban J connectivity index is 1.42. The molecule has 30 heavy (non-hydrogen) atoms. The van der Waals surface area contributed by atoms with Gasteiger partial charge in [-0.2, -0.15) is 10.2 Å². The van der Waals surface area contributed by atoms with E-state index in [1.165, 1.54) is 0 Å². The lowest BCUT2D eigenvalue weighted by Crippen LogP contribution is -2.21. The van der Waals surface area contributed by atoms with Gasteiger partial charge in [0.1, 0.15) is 17.6 Å². The molecule has 0 amide bonds. The number of likely N-dealkylation sites (N-methyl/N-ethyl adjacent to an activating group) is 1.